The van der Waals surface area contributed by atoms with Crippen LogP contribution in [0.5, 0.6) is 0 Å². The molecule has 5 heteroatoms. The predicted molar refractivity (Wildman–Crippen MR) is 89.0 cm³/mol. The van der Waals surface area contributed by atoms with Crippen molar-refractivity contribution in [3.8, 4) is 0 Å². The van der Waals surface area contributed by atoms with Crippen molar-refractivity contribution in [2.24, 2.45) is 0 Å². The Bertz CT molecular complexity index is 451. The third-order valence-electron chi connectivity index (χ3n) is 3.73. The van der Waals surface area contributed by atoms with Crippen molar-refractivity contribution < 1.29 is 4.74 Å². The van der Waals surface area contributed by atoms with Gasteiger partial charge in [0.2, 0.25) is 0 Å². The van der Waals surface area contributed by atoms with Crippen molar-refractivity contribution in [1.82, 2.24) is 15.2 Å². The average Bonchev–Trinajstić information content (AvgIpc) is 2.84. The maximum Gasteiger partial charge on any atom is 0.123 e. The lowest BCUT2D eigenvalue weighted by atomic mass is 9.91. The average molecular weight is 311 g/mol. The highest BCUT2D eigenvalue weighted by atomic mass is 32.1. The molecule has 0 amide bonds. The minimum atomic E-state index is 0.0820. The van der Waals surface area contributed by atoms with Crippen LogP contribution in [-0.2, 0) is 16.7 Å². The first-order valence-corrected chi connectivity index (χ1v) is 8.76. The van der Waals surface area contributed by atoms with E-state index < -0.39 is 0 Å². The SMILES string of the molecule is CCCN1CCOC(c2nc(C(C)(C)C)c(CNC)s2)C1. The number of morpholine rings is 1. The first kappa shape index (κ1) is 16.9. The summed E-state index contributed by atoms with van der Waals surface area (Å²) in [4.78, 5) is 8.78. The molecule has 1 aliphatic heterocycles. The van der Waals surface area contributed by atoms with Gasteiger partial charge in [-0.15, -0.1) is 11.3 Å². The number of ether oxygens (including phenoxy) is 1. The molecule has 1 unspecified atom stereocenters. The van der Waals surface area contributed by atoms with Crippen molar-refractivity contribution in [3.63, 3.8) is 0 Å². The number of nitrogens with one attached hydrogen (secondary N) is 1. The summed E-state index contributed by atoms with van der Waals surface area (Å²) >= 11 is 1.81. The Morgan fingerprint density at radius 3 is 2.81 bits per heavy atom. The molecule has 21 heavy (non-hydrogen) atoms. The van der Waals surface area contributed by atoms with Crippen molar-refractivity contribution >= 4 is 11.3 Å². The molecule has 0 radical (unpaired) electrons. The third kappa shape index (κ3) is 4.25. The normalized spacial score (nSPS) is 20.9. The molecule has 1 saturated heterocycles. The van der Waals surface area contributed by atoms with Crippen LogP contribution < -0.4 is 5.32 Å². The van der Waals surface area contributed by atoms with Crippen LogP contribution in [0.4, 0.5) is 0 Å². The topological polar surface area (TPSA) is 37.4 Å². The maximum absolute atomic E-state index is 5.99. The number of thiazole rings is 1. The highest BCUT2D eigenvalue weighted by Crippen LogP contribution is 2.34. The van der Waals surface area contributed by atoms with E-state index in [0.29, 0.717) is 0 Å². The van der Waals surface area contributed by atoms with Crippen LogP contribution in [-0.4, -0.2) is 43.2 Å². The molecule has 0 saturated carbocycles. The summed E-state index contributed by atoms with van der Waals surface area (Å²) in [6.07, 6.45) is 1.34. The van der Waals surface area contributed by atoms with Crippen molar-refractivity contribution in [1.29, 1.82) is 0 Å². The van der Waals surface area contributed by atoms with E-state index in [9.17, 15) is 0 Å². The van der Waals surface area contributed by atoms with Crippen LogP contribution >= 0.6 is 11.3 Å². The van der Waals surface area contributed by atoms with E-state index in [1.165, 1.54) is 17.0 Å². The molecular formula is C16H29N3OS. The smallest absolute Gasteiger partial charge is 0.123 e. The minimum absolute atomic E-state index is 0.0820. The van der Waals surface area contributed by atoms with Crippen molar-refractivity contribution in [2.75, 3.05) is 33.3 Å². The molecule has 1 N–H and O–H groups in total. The summed E-state index contributed by atoms with van der Waals surface area (Å²) in [5, 5.41) is 4.41. The van der Waals surface area contributed by atoms with Crippen LogP contribution in [0, 0.1) is 0 Å². The zero-order valence-corrected chi connectivity index (χ0v) is 14.8. The van der Waals surface area contributed by atoms with Crippen LogP contribution in [0.25, 0.3) is 0 Å². The molecule has 1 atom stereocenters. The van der Waals surface area contributed by atoms with Crippen LogP contribution in [0.1, 0.15) is 55.8 Å². The Kier molecular flexibility index (Phi) is 5.77. The summed E-state index contributed by atoms with van der Waals surface area (Å²) in [6.45, 7) is 13.8. The zero-order chi connectivity index (χ0) is 15.5. The Morgan fingerprint density at radius 1 is 1.43 bits per heavy atom. The lowest BCUT2D eigenvalue weighted by Crippen LogP contribution is -2.38. The molecule has 0 spiro atoms. The van der Waals surface area contributed by atoms with Gasteiger partial charge in [0.05, 0.1) is 12.3 Å². The van der Waals surface area contributed by atoms with Gasteiger partial charge in [0.1, 0.15) is 11.1 Å². The van der Waals surface area contributed by atoms with E-state index in [0.717, 1.165) is 37.8 Å². The van der Waals surface area contributed by atoms with Gasteiger partial charge in [0, 0.05) is 29.9 Å². The molecular weight excluding hydrogens is 282 g/mol. The van der Waals surface area contributed by atoms with E-state index in [-0.39, 0.29) is 11.5 Å². The Morgan fingerprint density at radius 2 is 2.19 bits per heavy atom. The molecule has 0 bridgehead atoms. The fourth-order valence-electron chi connectivity index (χ4n) is 2.75. The summed E-state index contributed by atoms with van der Waals surface area (Å²) in [6, 6.07) is 0. The summed E-state index contributed by atoms with van der Waals surface area (Å²) in [7, 11) is 1.99. The molecule has 1 aromatic heterocycles. The highest BCUT2D eigenvalue weighted by Gasteiger charge is 2.28. The molecule has 2 rings (SSSR count). The molecule has 1 aliphatic rings. The second-order valence-electron chi connectivity index (χ2n) is 6.76. The summed E-state index contributed by atoms with van der Waals surface area (Å²) in [5.41, 5.74) is 1.30. The first-order chi connectivity index (χ1) is 9.95. The van der Waals surface area contributed by atoms with E-state index in [4.69, 9.17) is 9.72 Å². The largest absolute Gasteiger partial charge is 0.368 e. The van der Waals surface area contributed by atoms with Gasteiger partial charge in [0.15, 0.2) is 0 Å². The first-order valence-electron chi connectivity index (χ1n) is 7.94. The van der Waals surface area contributed by atoms with Crippen LogP contribution in [0.15, 0.2) is 0 Å². The van der Waals surface area contributed by atoms with Gasteiger partial charge < -0.3 is 10.1 Å². The van der Waals surface area contributed by atoms with E-state index in [1.54, 1.807) is 0 Å². The van der Waals surface area contributed by atoms with E-state index in [2.05, 4.69) is 37.9 Å². The monoisotopic (exact) mass is 311 g/mol. The van der Waals surface area contributed by atoms with Gasteiger partial charge in [-0.2, -0.15) is 0 Å². The minimum Gasteiger partial charge on any atom is -0.368 e. The molecule has 2 heterocycles. The zero-order valence-electron chi connectivity index (χ0n) is 14.0. The lowest BCUT2D eigenvalue weighted by molar-refractivity contribution is -0.0300. The fraction of sp³-hybridized carbons (Fsp3) is 0.812. The maximum atomic E-state index is 5.99. The van der Waals surface area contributed by atoms with Gasteiger partial charge in [-0.3, -0.25) is 4.90 Å². The highest BCUT2D eigenvalue weighted by molar-refractivity contribution is 7.11. The molecule has 4 nitrogen and oxygen atoms in total. The van der Waals surface area contributed by atoms with Gasteiger partial charge in [-0.25, -0.2) is 4.98 Å². The van der Waals surface area contributed by atoms with Crippen LogP contribution in [0.3, 0.4) is 0 Å². The summed E-state index contributed by atoms with van der Waals surface area (Å²) < 4.78 is 5.99. The van der Waals surface area contributed by atoms with Gasteiger partial charge in [-0.05, 0) is 20.0 Å². The number of hydrogen-bond donors (Lipinski definition) is 1. The van der Waals surface area contributed by atoms with E-state index >= 15 is 0 Å². The van der Waals surface area contributed by atoms with Crippen molar-refractivity contribution in [2.45, 2.75) is 52.2 Å². The second kappa shape index (κ2) is 7.18. The number of nitrogens with zero attached hydrogens (tertiary/aromatic N) is 2. The Hall–Kier alpha value is -0.490. The van der Waals surface area contributed by atoms with Gasteiger partial charge >= 0.3 is 0 Å². The molecule has 0 aromatic carbocycles. The predicted octanol–water partition coefficient (Wildman–Crippen LogP) is 2.94. The van der Waals surface area contributed by atoms with E-state index in [1.807, 2.05) is 18.4 Å². The quantitative estimate of drug-likeness (QED) is 0.907. The number of hydrogen-bond acceptors (Lipinski definition) is 5. The van der Waals surface area contributed by atoms with Gasteiger partial charge in [-0.1, -0.05) is 27.7 Å². The molecule has 0 aliphatic carbocycles. The Labute approximate surface area is 132 Å². The lowest BCUT2D eigenvalue weighted by Gasteiger charge is -2.31. The Balaban J connectivity index is 2.19. The molecule has 120 valence electrons. The molecule has 1 aromatic rings. The number of rotatable bonds is 5. The van der Waals surface area contributed by atoms with Crippen molar-refractivity contribution in [3.05, 3.63) is 15.6 Å². The third-order valence-corrected chi connectivity index (χ3v) is 4.87. The summed E-state index contributed by atoms with van der Waals surface area (Å²) in [5.74, 6) is 0. The molecule has 1 fully saturated rings. The second-order valence-corrected chi connectivity index (χ2v) is 7.88. The fourth-order valence-corrected chi connectivity index (χ4v) is 4.07. The van der Waals surface area contributed by atoms with Crippen LogP contribution in [0.2, 0.25) is 0 Å². The number of aromatic nitrogens is 1. The standard InChI is InChI=1S/C16H29N3OS/c1-6-7-19-8-9-20-12(11-19)15-18-14(16(2,3)4)13(21-15)10-17-5/h12,17H,6-11H2,1-5H3. The van der Waals surface area contributed by atoms with Gasteiger partial charge in [0.25, 0.3) is 0 Å².